The second kappa shape index (κ2) is 28.2. The Labute approximate surface area is 393 Å². The number of nitrogens with one attached hydrogen (secondary N) is 7. The number of nitrogens with two attached hydrogens (primary N) is 4. The fourth-order valence-electron chi connectivity index (χ4n) is 6.26. The van der Waals surface area contributed by atoms with E-state index in [4.69, 9.17) is 22.9 Å². The van der Waals surface area contributed by atoms with E-state index in [0.717, 1.165) is 6.92 Å². The van der Waals surface area contributed by atoms with Gasteiger partial charge in [-0.25, -0.2) is 4.79 Å². The number of benzene rings is 2. The highest BCUT2D eigenvalue weighted by Crippen LogP contribution is 2.09. The van der Waals surface area contributed by atoms with Gasteiger partial charge in [0.15, 0.2) is 0 Å². The third-order valence-corrected chi connectivity index (χ3v) is 9.81. The zero-order valence-electron chi connectivity index (χ0n) is 37.1. The highest BCUT2D eigenvalue weighted by Gasteiger charge is 2.36. The molecule has 2 aromatic carbocycles. The monoisotopic (exact) mass is 971 g/mol. The Hall–Kier alpha value is -8.04. The zero-order chi connectivity index (χ0) is 52.0. The van der Waals surface area contributed by atoms with Crippen molar-refractivity contribution in [2.45, 2.75) is 106 Å². The number of carbonyl (C=O) groups is 12. The second-order valence-corrected chi connectivity index (χ2v) is 15.5. The van der Waals surface area contributed by atoms with Gasteiger partial charge in [-0.2, -0.15) is 0 Å². The molecule has 10 amide bonds. The molecule has 19 N–H and O–H groups in total. The third-order valence-electron chi connectivity index (χ3n) is 9.81. The van der Waals surface area contributed by atoms with Crippen molar-refractivity contribution in [2.75, 3.05) is 6.61 Å². The summed E-state index contributed by atoms with van der Waals surface area (Å²) in [4.78, 5) is 153. The molecule has 0 saturated carbocycles. The first-order valence-corrected chi connectivity index (χ1v) is 21.0. The lowest BCUT2D eigenvalue weighted by Gasteiger charge is -2.27. The van der Waals surface area contributed by atoms with Crippen molar-refractivity contribution in [3.05, 3.63) is 71.8 Å². The Kier molecular flexibility index (Phi) is 23.3. The molecule has 0 aliphatic carbocycles. The van der Waals surface area contributed by atoms with E-state index >= 15 is 0 Å². The minimum Gasteiger partial charge on any atom is -0.481 e. The minimum absolute atomic E-state index is 0.0340. The smallest absolute Gasteiger partial charge is 0.326 e. The normalized spacial score (nSPS) is 14.7. The highest BCUT2D eigenvalue weighted by molar-refractivity contribution is 6.00. The lowest BCUT2D eigenvalue weighted by atomic mass is 10.0. The summed E-state index contributed by atoms with van der Waals surface area (Å²) in [6, 6.07) is 2.16. The van der Waals surface area contributed by atoms with E-state index in [-0.39, 0.29) is 12.8 Å². The van der Waals surface area contributed by atoms with Crippen LogP contribution in [0.4, 0.5) is 0 Å². The fraction of sp³-hybridized carbons (Fsp3) is 0.429. The molecule has 2 aromatic rings. The Morgan fingerprint density at radius 2 is 0.870 bits per heavy atom. The summed E-state index contributed by atoms with van der Waals surface area (Å²) < 4.78 is 0. The average molecular weight is 972 g/mol. The van der Waals surface area contributed by atoms with Gasteiger partial charge in [0, 0.05) is 12.8 Å². The van der Waals surface area contributed by atoms with Crippen molar-refractivity contribution in [1.82, 2.24) is 37.2 Å². The van der Waals surface area contributed by atoms with Crippen LogP contribution in [-0.4, -0.2) is 152 Å². The van der Waals surface area contributed by atoms with E-state index in [1.54, 1.807) is 48.5 Å². The highest BCUT2D eigenvalue weighted by atomic mass is 16.4. The Morgan fingerprint density at radius 1 is 0.493 bits per heavy atom. The molecule has 0 bridgehead atoms. The van der Waals surface area contributed by atoms with Gasteiger partial charge >= 0.3 is 11.9 Å². The number of amides is 10. The van der Waals surface area contributed by atoms with Crippen LogP contribution in [0.15, 0.2) is 60.7 Å². The number of hydrogen-bond donors (Lipinski definition) is 15. The Morgan fingerprint density at radius 3 is 1.32 bits per heavy atom. The number of aliphatic carboxylic acids is 2. The number of carboxylic acids is 2. The van der Waals surface area contributed by atoms with Crippen LogP contribution in [0.2, 0.25) is 0 Å². The maximum Gasteiger partial charge on any atom is 0.326 e. The minimum atomic E-state index is -1.96. The summed E-state index contributed by atoms with van der Waals surface area (Å²) in [5.74, 6) is -15.0. The van der Waals surface area contributed by atoms with E-state index < -0.39 is 164 Å². The Bertz CT molecular complexity index is 2180. The van der Waals surface area contributed by atoms with Crippen molar-refractivity contribution in [1.29, 1.82) is 0 Å². The molecule has 0 fully saturated rings. The predicted molar refractivity (Wildman–Crippen MR) is 236 cm³/mol. The number of carbonyl (C=O) groups excluding carboxylic acids is 10. The molecule has 376 valence electrons. The van der Waals surface area contributed by atoms with Gasteiger partial charge in [-0.15, -0.1) is 0 Å². The molecule has 0 unspecified atom stereocenters. The maximum atomic E-state index is 13.9. The molecule has 2 rings (SSSR count). The molecule has 0 heterocycles. The van der Waals surface area contributed by atoms with Gasteiger partial charge in [0.25, 0.3) is 0 Å². The summed E-state index contributed by atoms with van der Waals surface area (Å²) in [5, 5.41) is 54.2. The first-order valence-electron chi connectivity index (χ1n) is 21.0. The van der Waals surface area contributed by atoms with Gasteiger partial charge in [-0.05, 0) is 30.9 Å². The van der Waals surface area contributed by atoms with Crippen LogP contribution in [0.1, 0.15) is 50.2 Å². The standard InChI is InChI=1S/C42H57N11O16/c1-20(55)34(41(67)51-28(42(68)69)18-32(46)58)53-39(65)27(17-31(45)57)49-37(63)25(15-22-10-6-3-7-11-22)48-38(64)26(16-30(44)56)50-40(66)29(19-54)52-36(62)24(12-13-33(59)60)47-35(61)23(43)14-21-8-4-2-5-9-21/h2-11,20,23-29,34,54-55H,12-19,43H2,1H3,(H2,44,56)(H2,45,57)(H2,46,58)(H,47,61)(H,48,64)(H,49,63)(H,50,66)(H,51,67)(H,52,62)(H,53,65)(H,59,60)(H,68,69)/t20-,23+,24+,25+,26+,27+,28+,29+,34+/m1/s1. The molecule has 0 aliphatic heterocycles. The van der Waals surface area contributed by atoms with Crippen molar-refractivity contribution < 1.29 is 78.0 Å². The third kappa shape index (κ3) is 20.6. The van der Waals surface area contributed by atoms with E-state index in [0.29, 0.717) is 11.1 Å². The summed E-state index contributed by atoms with van der Waals surface area (Å²) in [5.41, 5.74) is 22.8. The van der Waals surface area contributed by atoms with Crippen molar-refractivity contribution in [3.8, 4) is 0 Å². The fourth-order valence-corrected chi connectivity index (χ4v) is 6.26. The number of aliphatic hydroxyl groups is 2. The van der Waals surface area contributed by atoms with Crippen LogP contribution in [-0.2, 0) is 70.4 Å². The van der Waals surface area contributed by atoms with E-state index in [1.165, 1.54) is 12.1 Å². The molecule has 69 heavy (non-hydrogen) atoms. The number of rotatable bonds is 30. The molecule has 0 spiro atoms. The van der Waals surface area contributed by atoms with Crippen LogP contribution in [0, 0.1) is 0 Å². The molecule has 27 heteroatoms. The number of carboxylic acid groups (broad SMARTS) is 2. The lowest BCUT2D eigenvalue weighted by Crippen LogP contribution is -2.62. The molecule has 0 saturated heterocycles. The van der Waals surface area contributed by atoms with Crippen LogP contribution >= 0.6 is 0 Å². The maximum absolute atomic E-state index is 13.9. The van der Waals surface area contributed by atoms with Gasteiger partial charge in [0.2, 0.25) is 59.1 Å². The molecule has 0 aliphatic rings. The first kappa shape index (κ1) is 57.1. The molecule has 9 atom stereocenters. The van der Waals surface area contributed by atoms with Crippen LogP contribution in [0.25, 0.3) is 0 Å². The lowest BCUT2D eigenvalue weighted by molar-refractivity contribution is -0.144. The van der Waals surface area contributed by atoms with Gasteiger partial charge in [0.05, 0.1) is 38.0 Å². The van der Waals surface area contributed by atoms with Crippen molar-refractivity contribution in [3.63, 3.8) is 0 Å². The molecule has 0 radical (unpaired) electrons. The molecule has 27 nitrogen and oxygen atoms in total. The number of primary amides is 3. The largest absolute Gasteiger partial charge is 0.481 e. The van der Waals surface area contributed by atoms with Gasteiger partial charge < -0.3 is 80.6 Å². The predicted octanol–water partition coefficient (Wildman–Crippen LogP) is -6.86. The topological polar surface area (TPSA) is 474 Å². The van der Waals surface area contributed by atoms with E-state index in [9.17, 15) is 78.0 Å². The first-order chi connectivity index (χ1) is 32.4. The molecule has 0 aromatic heterocycles. The zero-order valence-corrected chi connectivity index (χ0v) is 37.1. The van der Waals surface area contributed by atoms with Crippen LogP contribution in [0.3, 0.4) is 0 Å². The van der Waals surface area contributed by atoms with E-state index in [2.05, 4.69) is 31.9 Å². The van der Waals surface area contributed by atoms with Crippen molar-refractivity contribution in [2.24, 2.45) is 22.9 Å². The summed E-state index contributed by atoms with van der Waals surface area (Å²) in [6.45, 7) is -0.132. The van der Waals surface area contributed by atoms with Crippen LogP contribution < -0.4 is 60.2 Å². The Balaban J connectivity index is 2.37. The van der Waals surface area contributed by atoms with Crippen molar-refractivity contribution >= 4 is 71.0 Å². The van der Waals surface area contributed by atoms with Gasteiger partial charge in [-0.1, -0.05) is 60.7 Å². The van der Waals surface area contributed by atoms with E-state index in [1.807, 2.05) is 5.32 Å². The second-order valence-electron chi connectivity index (χ2n) is 15.5. The summed E-state index contributed by atoms with van der Waals surface area (Å²) in [7, 11) is 0. The average Bonchev–Trinajstić information content (AvgIpc) is 3.27. The van der Waals surface area contributed by atoms with Gasteiger partial charge in [-0.3, -0.25) is 52.7 Å². The number of hydrogen-bond acceptors (Lipinski definition) is 15. The summed E-state index contributed by atoms with van der Waals surface area (Å²) >= 11 is 0. The quantitative estimate of drug-likeness (QED) is 0.0346. The SMILES string of the molecule is C[C@@H](O)[C@H](NC(=O)[C@H](CC(N)=O)NC(=O)[C@H](Cc1ccccc1)NC(=O)[C@H](CC(N)=O)NC(=O)[C@H](CO)NC(=O)[C@H](CCC(=O)O)NC(=O)[C@@H](N)Cc1ccccc1)C(=O)N[C@@H](CC(N)=O)C(=O)O. The molecular weight excluding hydrogens is 915 g/mol. The molecular formula is C42H57N11O16. The number of aliphatic hydroxyl groups excluding tert-OH is 2. The van der Waals surface area contributed by atoms with Crippen LogP contribution in [0.5, 0.6) is 0 Å². The van der Waals surface area contributed by atoms with Gasteiger partial charge in [0.1, 0.15) is 42.3 Å². The summed E-state index contributed by atoms with van der Waals surface area (Å²) in [6.07, 6.45) is -5.99.